The van der Waals surface area contributed by atoms with Gasteiger partial charge in [0.15, 0.2) is 0 Å². The molecule has 1 N–H and O–H groups in total. The van der Waals surface area contributed by atoms with E-state index < -0.39 is 5.97 Å². The quantitative estimate of drug-likeness (QED) is 0.505. The van der Waals surface area contributed by atoms with Gasteiger partial charge < -0.3 is 19.6 Å². The van der Waals surface area contributed by atoms with E-state index in [2.05, 4.69) is 6.58 Å². The Kier molecular flexibility index (Phi) is 9.07. The first-order valence-corrected chi connectivity index (χ1v) is 8.41. The van der Waals surface area contributed by atoms with Crippen molar-refractivity contribution in [3.05, 3.63) is 12.7 Å². The smallest absolute Gasteiger partial charge is 0.323 e. The molecule has 136 valence electrons. The van der Waals surface area contributed by atoms with E-state index in [9.17, 15) is 14.4 Å². The monoisotopic (exact) mass is 340 g/mol. The lowest BCUT2D eigenvalue weighted by atomic mass is 10.1. The number of amides is 2. The van der Waals surface area contributed by atoms with Gasteiger partial charge in [0.05, 0.1) is 6.61 Å². The van der Waals surface area contributed by atoms with Crippen LogP contribution >= 0.6 is 0 Å². The molecule has 0 saturated carbocycles. The van der Waals surface area contributed by atoms with E-state index in [-0.39, 0.29) is 24.4 Å². The van der Waals surface area contributed by atoms with Crippen LogP contribution in [0, 0.1) is 0 Å². The van der Waals surface area contributed by atoms with Crippen LogP contribution in [0.15, 0.2) is 12.7 Å². The molecular weight excluding hydrogens is 312 g/mol. The van der Waals surface area contributed by atoms with Gasteiger partial charge in [0.25, 0.3) is 0 Å². The Morgan fingerprint density at radius 1 is 1.33 bits per heavy atom. The zero-order chi connectivity index (χ0) is 17.9. The molecule has 0 aromatic heterocycles. The van der Waals surface area contributed by atoms with Crippen molar-refractivity contribution in [2.45, 2.75) is 45.1 Å². The third-order valence-corrected chi connectivity index (χ3v) is 4.12. The van der Waals surface area contributed by atoms with Crippen molar-refractivity contribution in [2.75, 3.05) is 32.8 Å². The van der Waals surface area contributed by atoms with Gasteiger partial charge in [-0.3, -0.25) is 14.4 Å². The van der Waals surface area contributed by atoms with Gasteiger partial charge in [-0.1, -0.05) is 6.08 Å². The third kappa shape index (κ3) is 7.12. The van der Waals surface area contributed by atoms with Crippen LogP contribution < -0.4 is 0 Å². The Balaban J connectivity index is 2.45. The zero-order valence-electron chi connectivity index (χ0n) is 14.4. The normalized spacial score (nSPS) is 17.9. The van der Waals surface area contributed by atoms with E-state index in [0.717, 1.165) is 12.8 Å². The first-order valence-electron chi connectivity index (χ1n) is 8.41. The lowest BCUT2D eigenvalue weighted by molar-refractivity contribution is -0.145. The Bertz CT molecular complexity index is 452. The van der Waals surface area contributed by atoms with Gasteiger partial charge in [0.1, 0.15) is 6.54 Å². The Labute approximate surface area is 143 Å². The summed E-state index contributed by atoms with van der Waals surface area (Å²) >= 11 is 0. The maximum atomic E-state index is 12.2. The van der Waals surface area contributed by atoms with E-state index in [1.807, 2.05) is 4.90 Å². The molecule has 1 aliphatic heterocycles. The highest BCUT2D eigenvalue weighted by Gasteiger charge is 2.27. The number of carboxylic acid groups (broad SMARTS) is 1. The molecule has 0 bridgehead atoms. The predicted molar refractivity (Wildman–Crippen MR) is 89.5 cm³/mol. The largest absolute Gasteiger partial charge is 0.480 e. The van der Waals surface area contributed by atoms with Crippen LogP contribution in [-0.4, -0.2) is 71.6 Å². The molecule has 1 saturated heterocycles. The molecule has 1 atom stereocenters. The summed E-state index contributed by atoms with van der Waals surface area (Å²) in [5.41, 5.74) is 0. The minimum Gasteiger partial charge on any atom is -0.480 e. The van der Waals surface area contributed by atoms with Crippen molar-refractivity contribution >= 4 is 17.8 Å². The summed E-state index contributed by atoms with van der Waals surface area (Å²) in [6, 6.07) is -0.118. The molecule has 2 amide bonds. The van der Waals surface area contributed by atoms with Crippen LogP contribution in [0.5, 0.6) is 0 Å². The number of carboxylic acids is 1. The number of carbonyl (C=O) groups excluding carboxylic acids is 2. The second-order valence-corrected chi connectivity index (χ2v) is 5.97. The highest BCUT2D eigenvalue weighted by atomic mass is 16.5. The molecule has 24 heavy (non-hydrogen) atoms. The molecule has 1 rings (SSSR count). The second kappa shape index (κ2) is 10.8. The number of nitrogens with zero attached hydrogens (tertiary/aromatic N) is 2. The number of hydrogen-bond acceptors (Lipinski definition) is 4. The lowest BCUT2D eigenvalue weighted by Gasteiger charge is -2.28. The van der Waals surface area contributed by atoms with E-state index >= 15 is 0 Å². The predicted octanol–water partition coefficient (Wildman–Crippen LogP) is 1.28. The summed E-state index contributed by atoms with van der Waals surface area (Å²) in [5, 5.41) is 8.96. The number of rotatable bonds is 9. The maximum absolute atomic E-state index is 12.2. The van der Waals surface area contributed by atoms with Gasteiger partial charge in [0.2, 0.25) is 11.8 Å². The number of hydrogen-bond donors (Lipinski definition) is 1. The topological polar surface area (TPSA) is 87.2 Å². The Morgan fingerprint density at radius 2 is 2.08 bits per heavy atom. The van der Waals surface area contributed by atoms with Gasteiger partial charge in [-0.25, -0.2) is 0 Å². The molecule has 1 unspecified atom stereocenters. The minimum atomic E-state index is -1.01. The van der Waals surface area contributed by atoms with Crippen LogP contribution in [0.1, 0.15) is 39.0 Å². The molecule has 0 aromatic carbocycles. The maximum Gasteiger partial charge on any atom is 0.323 e. The average molecular weight is 340 g/mol. The van der Waals surface area contributed by atoms with Crippen LogP contribution in [-0.2, 0) is 19.1 Å². The molecule has 1 heterocycles. The Hall–Kier alpha value is -1.89. The van der Waals surface area contributed by atoms with Crippen molar-refractivity contribution in [3.63, 3.8) is 0 Å². The molecule has 7 nitrogen and oxygen atoms in total. The summed E-state index contributed by atoms with van der Waals surface area (Å²) in [4.78, 5) is 38.1. The summed E-state index contributed by atoms with van der Waals surface area (Å²) in [5.74, 6) is -1.16. The Morgan fingerprint density at radius 3 is 2.71 bits per heavy atom. The van der Waals surface area contributed by atoms with Gasteiger partial charge in [-0.05, 0) is 25.7 Å². The van der Waals surface area contributed by atoms with Crippen molar-refractivity contribution in [1.29, 1.82) is 0 Å². The molecule has 7 heteroatoms. The highest BCUT2D eigenvalue weighted by Crippen LogP contribution is 2.18. The van der Waals surface area contributed by atoms with Gasteiger partial charge in [-0.15, -0.1) is 6.58 Å². The summed E-state index contributed by atoms with van der Waals surface area (Å²) < 4.78 is 5.27. The number of ether oxygens (including phenoxy) is 1. The standard InChI is InChI=1S/C17H28N2O5/c1-3-11-24-12-5-7-16(21)18-9-4-6-15(8-10-18)19(14(2)20)13-17(22)23/h3,15H,1,4-13H2,2H3,(H,22,23). The fourth-order valence-electron chi connectivity index (χ4n) is 2.93. The van der Waals surface area contributed by atoms with Gasteiger partial charge in [0, 0.05) is 39.1 Å². The first-order chi connectivity index (χ1) is 11.5. The van der Waals surface area contributed by atoms with Crippen LogP contribution in [0.2, 0.25) is 0 Å². The fraction of sp³-hybridized carbons (Fsp3) is 0.706. The van der Waals surface area contributed by atoms with E-state index in [0.29, 0.717) is 45.6 Å². The van der Waals surface area contributed by atoms with Crippen LogP contribution in [0.4, 0.5) is 0 Å². The SMILES string of the molecule is C=CCOCCCC(=O)N1CCCC(N(CC(=O)O)C(C)=O)CC1. The molecule has 0 aromatic rings. The molecule has 1 fully saturated rings. The van der Waals surface area contributed by atoms with Gasteiger partial charge >= 0.3 is 5.97 Å². The number of likely N-dealkylation sites (tertiary alicyclic amines) is 1. The van der Waals surface area contributed by atoms with E-state index in [1.54, 1.807) is 6.08 Å². The average Bonchev–Trinajstić information content (AvgIpc) is 2.77. The van der Waals surface area contributed by atoms with Crippen molar-refractivity contribution in [1.82, 2.24) is 9.80 Å². The van der Waals surface area contributed by atoms with Crippen LogP contribution in [0.25, 0.3) is 0 Å². The second-order valence-electron chi connectivity index (χ2n) is 5.97. The van der Waals surface area contributed by atoms with Crippen molar-refractivity contribution < 1.29 is 24.2 Å². The zero-order valence-corrected chi connectivity index (χ0v) is 14.4. The van der Waals surface area contributed by atoms with Crippen molar-refractivity contribution in [3.8, 4) is 0 Å². The summed E-state index contributed by atoms with van der Waals surface area (Å²) in [7, 11) is 0. The molecule has 0 spiro atoms. The molecule has 1 aliphatic rings. The van der Waals surface area contributed by atoms with Crippen molar-refractivity contribution in [2.24, 2.45) is 0 Å². The highest BCUT2D eigenvalue weighted by molar-refractivity contribution is 5.80. The fourth-order valence-corrected chi connectivity index (χ4v) is 2.93. The lowest BCUT2D eigenvalue weighted by Crippen LogP contribution is -2.43. The summed E-state index contributed by atoms with van der Waals surface area (Å²) in [6.07, 6.45) is 4.89. The molecule has 0 aliphatic carbocycles. The first kappa shape index (κ1) is 20.2. The summed E-state index contributed by atoms with van der Waals surface area (Å²) in [6.45, 7) is 6.90. The van der Waals surface area contributed by atoms with Crippen LogP contribution in [0.3, 0.4) is 0 Å². The molecular formula is C17H28N2O5. The minimum absolute atomic E-state index is 0.0884. The molecule has 0 radical (unpaired) electrons. The van der Waals surface area contributed by atoms with Gasteiger partial charge in [-0.2, -0.15) is 0 Å². The number of aliphatic carboxylic acids is 1. The van der Waals surface area contributed by atoms with E-state index in [4.69, 9.17) is 9.84 Å². The number of carbonyl (C=O) groups is 3. The third-order valence-electron chi connectivity index (χ3n) is 4.12. The van der Waals surface area contributed by atoms with E-state index in [1.165, 1.54) is 11.8 Å².